The molecule has 9 heteroatoms. The van der Waals surface area contributed by atoms with Crippen molar-refractivity contribution in [3.8, 4) is 40.4 Å². The van der Waals surface area contributed by atoms with E-state index in [1.54, 1.807) is 22.7 Å². The van der Waals surface area contributed by atoms with Gasteiger partial charge in [-0.2, -0.15) is 8.75 Å². The molecule has 5 aromatic heterocycles. The number of rotatable bonds is 8. The molecule has 0 amide bonds. The minimum atomic E-state index is -0.849. The van der Waals surface area contributed by atoms with Crippen LogP contribution in [0.2, 0.25) is 0 Å². The first-order valence-electron chi connectivity index (χ1n) is 12.8. The molecule has 1 aromatic carbocycles. The van der Waals surface area contributed by atoms with Crippen LogP contribution in [0.25, 0.3) is 51.4 Å². The highest BCUT2D eigenvalue weighted by Crippen LogP contribution is 2.48. The Morgan fingerprint density at radius 1 is 0.718 bits per heavy atom. The van der Waals surface area contributed by atoms with E-state index in [0.717, 1.165) is 45.5 Å². The fourth-order valence-corrected chi connectivity index (χ4v) is 9.59. The molecule has 5 heterocycles. The van der Waals surface area contributed by atoms with Crippen LogP contribution in [0.3, 0.4) is 0 Å². The lowest BCUT2D eigenvalue weighted by Crippen LogP contribution is -1.96. The monoisotopic (exact) mass is 612 g/mol. The van der Waals surface area contributed by atoms with Gasteiger partial charge in [0.25, 0.3) is 0 Å². The largest absolute Gasteiger partial charge is 0.203 e. The fraction of sp³-hybridized carbons (Fsp3) is 0.267. The Morgan fingerprint density at radius 2 is 1.41 bits per heavy atom. The maximum absolute atomic E-state index is 16.0. The summed E-state index contributed by atoms with van der Waals surface area (Å²) in [6.45, 7) is 8.66. The third-order valence-corrected chi connectivity index (χ3v) is 11.5. The molecule has 0 saturated carbocycles. The van der Waals surface area contributed by atoms with Gasteiger partial charge in [-0.3, -0.25) is 0 Å². The number of hydrogen-bond donors (Lipinski definition) is 0. The zero-order valence-electron chi connectivity index (χ0n) is 21.9. The molecule has 0 saturated heterocycles. The number of aromatic nitrogens is 2. The van der Waals surface area contributed by atoms with E-state index in [-0.39, 0.29) is 11.1 Å². The Bertz CT molecular complexity index is 1750. The highest BCUT2D eigenvalue weighted by Gasteiger charge is 2.28. The van der Waals surface area contributed by atoms with Gasteiger partial charge >= 0.3 is 0 Å². The van der Waals surface area contributed by atoms with E-state index in [0.29, 0.717) is 32.6 Å². The molecule has 39 heavy (non-hydrogen) atoms. The lowest BCUT2D eigenvalue weighted by Gasteiger charge is -2.08. The molecule has 0 aliphatic carbocycles. The molecule has 0 radical (unpaired) electrons. The van der Waals surface area contributed by atoms with Gasteiger partial charge < -0.3 is 0 Å². The van der Waals surface area contributed by atoms with E-state index in [1.165, 1.54) is 32.4 Å². The summed E-state index contributed by atoms with van der Waals surface area (Å²) < 4.78 is 40.9. The van der Waals surface area contributed by atoms with Crippen LogP contribution in [-0.2, 0) is 12.8 Å². The predicted molar refractivity (Wildman–Crippen MR) is 168 cm³/mol. The van der Waals surface area contributed by atoms with Crippen molar-refractivity contribution in [2.75, 3.05) is 0 Å². The Labute approximate surface area is 247 Å². The van der Waals surface area contributed by atoms with Crippen molar-refractivity contribution < 1.29 is 8.78 Å². The van der Waals surface area contributed by atoms with Gasteiger partial charge in [0.1, 0.15) is 11.0 Å². The van der Waals surface area contributed by atoms with Crippen LogP contribution in [0.4, 0.5) is 8.78 Å². The second kappa shape index (κ2) is 10.9. The number of halogens is 2. The van der Waals surface area contributed by atoms with Crippen LogP contribution in [0.15, 0.2) is 47.2 Å². The van der Waals surface area contributed by atoms with Crippen molar-refractivity contribution in [3.05, 3.63) is 69.9 Å². The maximum Gasteiger partial charge on any atom is 0.170 e. The summed E-state index contributed by atoms with van der Waals surface area (Å²) >= 11 is 7.42. The third kappa shape index (κ3) is 5.15. The summed E-state index contributed by atoms with van der Waals surface area (Å²) in [5.74, 6) is -0.792. The summed E-state index contributed by atoms with van der Waals surface area (Å²) in [4.78, 5) is 6.09. The Morgan fingerprint density at radius 3 is 2.08 bits per heavy atom. The minimum Gasteiger partial charge on any atom is -0.203 e. The Kier molecular flexibility index (Phi) is 7.54. The van der Waals surface area contributed by atoms with Gasteiger partial charge in [0, 0.05) is 29.3 Å². The minimum absolute atomic E-state index is 0.218. The van der Waals surface area contributed by atoms with Crippen molar-refractivity contribution in [2.24, 2.45) is 11.8 Å². The summed E-state index contributed by atoms with van der Waals surface area (Å²) in [7, 11) is 0. The topological polar surface area (TPSA) is 25.8 Å². The number of nitrogens with zero attached hydrogens (tertiary/aromatic N) is 2. The second-order valence-electron chi connectivity index (χ2n) is 10.5. The molecule has 0 aliphatic heterocycles. The third-order valence-electron chi connectivity index (χ3n) is 6.42. The zero-order valence-corrected chi connectivity index (χ0v) is 26.0. The predicted octanol–water partition coefficient (Wildman–Crippen LogP) is 11.3. The van der Waals surface area contributed by atoms with Crippen LogP contribution in [-0.4, -0.2) is 8.75 Å². The van der Waals surface area contributed by atoms with E-state index in [2.05, 4.69) is 66.1 Å². The molecule has 200 valence electrons. The van der Waals surface area contributed by atoms with Crippen LogP contribution >= 0.6 is 57.1 Å². The molecule has 0 bridgehead atoms. The van der Waals surface area contributed by atoms with Gasteiger partial charge in [-0.15, -0.1) is 45.3 Å². The fourth-order valence-electron chi connectivity index (χ4n) is 4.84. The lowest BCUT2D eigenvalue weighted by molar-refractivity contribution is 0.516. The number of fused-ring (bicyclic) bond motifs is 1. The first kappa shape index (κ1) is 26.9. The molecule has 6 aromatic rings. The first-order chi connectivity index (χ1) is 18.8. The average Bonchev–Trinajstić information content (AvgIpc) is 3.69. The Balaban J connectivity index is 1.48. The first-order valence-corrected chi connectivity index (χ1v) is 16.9. The maximum atomic E-state index is 16.0. The van der Waals surface area contributed by atoms with Crippen molar-refractivity contribution >= 4 is 68.1 Å². The van der Waals surface area contributed by atoms with E-state index < -0.39 is 11.6 Å². The van der Waals surface area contributed by atoms with Crippen molar-refractivity contribution in [3.63, 3.8) is 0 Å². The van der Waals surface area contributed by atoms with Gasteiger partial charge in [-0.25, -0.2) is 8.78 Å². The standard InChI is InChI=1S/C30H26F2N2S5/c1-15(2)10-17-12-22(36-14-17)24-26(31)27(32)25(29-28(24)33-39-34-29)23-13-18(11-16(3)4)30(38-23)21-8-7-20(37-21)19-6-5-9-35-19/h5-9,12-16H,10-11H2,1-4H3. The van der Waals surface area contributed by atoms with Gasteiger partial charge in [0.05, 0.1) is 22.9 Å². The quantitative estimate of drug-likeness (QED) is 0.171. The highest BCUT2D eigenvalue weighted by molar-refractivity contribution is 7.27. The summed E-state index contributed by atoms with van der Waals surface area (Å²) in [6.07, 6.45) is 1.75. The SMILES string of the molecule is CC(C)Cc1csc(-c2c(F)c(F)c(-c3cc(CC(C)C)c(-c4ccc(-c5cccs5)s4)s3)c3nsnc23)c1. The summed E-state index contributed by atoms with van der Waals surface area (Å²) in [5.41, 5.74) is 3.59. The molecular weight excluding hydrogens is 587 g/mol. The second-order valence-corrected chi connectivity index (χ2v) is 15.0. The smallest absolute Gasteiger partial charge is 0.170 e. The van der Waals surface area contributed by atoms with Crippen molar-refractivity contribution in [1.29, 1.82) is 0 Å². The molecule has 0 atom stereocenters. The van der Waals surface area contributed by atoms with E-state index in [9.17, 15) is 0 Å². The number of hydrogen-bond acceptors (Lipinski definition) is 7. The molecule has 0 unspecified atom stereocenters. The normalized spacial score (nSPS) is 12.0. The zero-order chi connectivity index (χ0) is 27.3. The van der Waals surface area contributed by atoms with Crippen molar-refractivity contribution in [1.82, 2.24) is 8.75 Å². The molecule has 0 spiro atoms. The van der Waals surface area contributed by atoms with Gasteiger partial charge in [-0.1, -0.05) is 33.8 Å². The number of benzene rings is 1. The molecule has 2 nitrogen and oxygen atoms in total. The van der Waals surface area contributed by atoms with Crippen LogP contribution in [0.1, 0.15) is 38.8 Å². The molecule has 0 fully saturated rings. The van der Waals surface area contributed by atoms with Crippen molar-refractivity contribution in [2.45, 2.75) is 40.5 Å². The van der Waals surface area contributed by atoms with Crippen LogP contribution < -0.4 is 0 Å². The van der Waals surface area contributed by atoms with E-state index >= 15 is 8.78 Å². The number of thiophene rings is 4. The molecular formula is C30H26F2N2S5. The summed E-state index contributed by atoms with van der Waals surface area (Å²) in [5, 5.41) is 4.11. The molecule has 0 aliphatic rings. The molecule has 0 N–H and O–H groups in total. The van der Waals surface area contributed by atoms with Gasteiger partial charge in [0.2, 0.25) is 0 Å². The average molecular weight is 613 g/mol. The Hall–Kier alpha value is -2.30. The van der Waals surface area contributed by atoms with Gasteiger partial charge in [0.15, 0.2) is 11.6 Å². The van der Waals surface area contributed by atoms with E-state index in [4.69, 9.17) is 0 Å². The van der Waals surface area contributed by atoms with Gasteiger partial charge in [-0.05, 0) is 76.9 Å². The molecule has 6 rings (SSSR count). The van der Waals surface area contributed by atoms with Crippen LogP contribution in [0, 0.1) is 23.5 Å². The van der Waals surface area contributed by atoms with Crippen LogP contribution in [0.5, 0.6) is 0 Å². The van der Waals surface area contributed by atoms with E-state index in [1.807, 2.05) is 17.5 Å². The summed E-state index contributed by atoms with van der Waals surface area (Å²) in [6, 6.07) is 12.5. The lowest BCUT2D eigenvalue weighted by atomic mass is 9.99. The highest BCUT2D eigenvalue weighted by atomic mass is 32.1.